The van der Waals surface area contributed by atoms with Gasteiger partial charge in [-0.1, -0.05) is 35.0 Å². The molecule has 104 valence electrons. The predicted octanol–water partition coefficient (Wildman–Crippen LogP) is 3.10. The minimum Gasteiger partial charge on any atom is -0.336 e. The quantitative estimate of drug-likeness (QED) is 0.925. The van der Waals surface area contributed by atoms with Crippen LogP contribution in [0.1, 0.15) is 37.8 Å². The lowest BCUT2D eigenvalue weighted by molar-refractivity contribution is -0.133. The molecule has 0 aromatic heterocycles. The first-order chi connectivity index (χ1) is 9.11. The van der Waals surface area contributed by atoms with Gasteiger partial charge in [0.05, 0.1) is 6.04 Å². The lowest BCUT2D eigenvalue weighted by Gasteiger charge is -2.26. The van der Waals surface area contributed by atoms with Crippen LogP contribution in [0.25, 0.3) is 0 Å². The van der Waals surface area contributed by atoms with E-state index in [1.54, 1.807) is 0 Å². The van der Waals surface area contributed by atoms with Gasteiger partial charge in [-0.25, -0.2) is 0 Å². The number of hydrogen-bond donors (Lipinski definition) is 1. The van der Waals surface area contributed by atoms with Crippen LogP contribution in [0.2, 0.25) is 0 Å². The molecule has 1 aliphatic heterocycles. The standard InChI is InChI=1S/C15H21BrN2O/c1-11(10-17)8-15(19)18-7-3-6-14(18)12-4-2-5-13(16)9-12/h2,4-5,9,11,14H,3,6-8,10,17H2,1H3. The molecule has 1 fully saturated rings. The number of nitrogens with two attached hydrogens (primary N) is 1. The summed E-state index contributed by atoms with van der Waals surface area (Å²) in [5.74, 6) is 0.497. The number of amides is 1. The highest BCUT2D eigenvalue weighted by atomic mass is 79.9. The van der Waals surface area contributed by atoms with Crippen molar-refractivity contribution in [2.75, 3.05) is 13.1 Å². The molecule has 1 aromatic carbocycles. The number of rotatable bonds is 4. The topological polar surface area (TPSA) is 46.3 Å². The number of carbonyl (C=O) groups excluding carboxylic acids is 1. The van der Waals surface area contributed by atoms with Gasteiger partial charge < -0.3 is 10.6 Å². The number of nitrogens with zero attached hydrogens (tertiary/aromatic N) is 1. The zero-order chi connectivity index (χ0) is 13.8. The zero-order valence-corrected chi connectivity index (χ0v) is 12.9. The van der Waals surface area contributed by atoms with Crippen molar-refractivity contribution in [3.8, 4) is 0 Å². The summed E-state index contributed by atoms with van der Waals surface area (Å²) < 4.78 is 1.07. The van der Waals surface area contributed by atoms with Crippen LogP contribution >= 0.6 is 15.9 Å². The molecule has 4 heteroatoms. The monoisotopic (exact) mass is 324 g/mol. The summed E-state index contributed by atoms with van der Waals surface area (Å²) in [4.78, 5) is 14.4. The highest BCUT2D eigenvalue weighted by molar-refractivity contribution is 9.10. The largest absolute Gasteiger partial charge is 0.336 e. The van der Waals surface area contributed by atoms with Crippen LogP contribution in [-0.2, 0) is 4.79 Å². The molecule has 1 saturated heterocycles. The van der Waals surface area contributed by atoms with Gasteiger partial charge in [-0.15, -0.1) is 0 Å². The van der Waals surface area contributed by atoms with Crippen molar-refractivity contribution < 1.29 is 4.79 Å². The fourth-order valence-corrected chi connectivity index (χ4v) is 3.04. The lowest BCUT2D eigenvalue weighted by atomic mass is 10.0. The molecule has 3 nitrogen and oxygen atoms in total. The second-order valence-electron chi connectivity index (χ2n) is 5.35. The normalized spacial score (nSPS) is 20.6. The molecule has 1 amide bonds. The second-order valence-corrected chi connectivity index (χ2v) is 6.26. The number of hydrogen-bond acceptors (Lipinski definition) is 2. The fourth-order valence-electron chi connectivity index (χ4n) is 2.62. The number of carbonyl (C=O) groups is 1. The molecule has 2 rings (SSSR count). The van der Waals surface area contributed by atoms with E-state index in [1.165, 1.54) is 5.56 Å². The van der Waals surface area contributed by atoms with Crippen molar-refractivity contribution in [3.05, 3.63) is 34.3 Å². The van der Waals surface area contributed by atoms with Gasteiger partial charge in [0.25, 0.3) is 0 Å². The van der Waals surface area contributed by atoms with Crippen LogP contribution in [0.15, 0.2) is 28.7 Å². The van der Waals surface area contributed by atoms with Crippen molar-refractivity contribution in [2.24, 2.45) is 11.7 Å². The van der Waals surface area contributed by atoms with E-state index in [0.29, 0.717) is 13.0 Å². The van der Waals surface area contributed by atoms with E-state index in [2.05, 4.69) is 28.1 Å². The van der Waals surface area contributed by atoms with Crippen LogP contribution < -0.4 is 5.73 Å². The number of likely N-dealkylation sites (tertiary alicyclic amines) is 1. The molecule has 2 N–H and O–H groups in total. The first-order valence-corrected chi connectivity index (χ1v) is 7.66. The molecule has 0 saturated carbocycles. The zero-order valence-electron chi connectivity index (χ0n) is 11.3. The molecular weight excluding hydrogens is 304 g/mol. The Bertz CT molecular complexity index is 450. The molecule has 1 heterocycles. The first-order valence-electron chi connectivity index (χ1n) is 6.87. The average Bonchev–Trinajstić information content (AvgIpc) is 2.87. The smallest absolute Gasteiger partial charge is 0.223 e. The van der Waals surface area contributed by atoms with E-state index in [1.807, 2.05) is 24.0 Å². The van der Waals surface area contributed by atoms with E-state index in [-0.39, 0.29) is 17.9 Å². The predicted molar refractivity (Wildman–Crippen MR) is 80.7 cm³/mol. The van der Waals surface area contributed by atoms with Crippen LogP contribution in [-0.4, -0.2) is 23.9 Å². The average molecular weight is 325 g/mol. The van der Waals surface area contributed by atoms with E-state index in [0.717, 1.165) is 23.9 Å². The molecular formula is C15H21BrN2O. The molecule has 1 aromatic rings. The SMILES string of the molecule is CC(CN)CC(=O)N1CCCC1c1cccc(Br)c1. The molecule has 19 heavy (non-hydrogen) atoms. The summed E-state index contributed by atoms with van der Waals surface area (Å²) in [5, 5.41) is 0. The van der Waals surface area contributed by atoms with E-state index in [4.69, 9.17) is 5.73 Å². The van der Waals surface area contributed by atoms with Gasteiger partial charge >= 0.3 is 0 Å². The van der Waals surface area contributed by atoms with Gasteiger partial charge in [-0.3, -0.25) is 4.79 Å². The first kappa shape index (κ1) is 14.5. The Labute approximate surface area is 123 Å². The minimum atomic E-state index is 0.231. The fraction of sp³-hybridized carbons (Fsp3) is 0.533. The van der Waals surface area contributed by atoms with Gasteiger partial charge in [-0.05, 0) is 43.0 Å². The van der Waals surface area contributed by atoms with Gasteiger partial charge in [0.15, 0.2) is 0 Å². The molecule has 0 radical (unpaired) electrons. The summed E-state index contributed by atoms with van der Waals surface area (Å²) >= 11 is 3.50. The Morgan fingerprint density at radius 2 is 2.37 bits per heavy atom. The highest BCUT2D eigenvalue weighted by Gasteiger charge is 2.30. The Morgan fingerprint density at radius 3 is 3.05 bits per heavy atom. The Balaban J connectivity index is 2.10. The van der Waals surface area contributed by atoms with Crippen molar-refractivity contribution in [2.45, 2.75) is 32.2 Å². The lowest BCUT2D eigenvalue weighted by Crippen LogP contribution is -2.32. The third-order valence-corrected chi connectivity index (χ3v) is 4.23. The molecule has 0 bridgehead atoms. The van der Waals surface area contributed by atoms with Gasteiger partial charge in [0.2, 0.25) is 5.91 Å². The van der Waals surface area contributed by atoms with Crippen molar-refractivity contribution in [1.82, 2.24) is 4.90 Å². The molecule has 0 spiro atoms. The Hall–Kier alpha value is -0.870. The molecule has 2 unspecified atom stereocenters. The summed E-state index contributed by atoms with van der Waals surface area (Å²) in [6.45, 7) is 3.47. The number of benzene rings is 1. The maximum absolute atomic E-state index is 12.3. The van der Waals surface area contributed by atoms with Crippen LogP contribution in [0.3, 0.4) is 0 Å². The minimum absolute atomic E-state index is 0.231. The second kappa shape index (κ2) is 6.53. The van der Waals surface area contributed by atoms with E-state index >= 15 is 0 Å². The van der Waals surface area contributed by atoms with Crippen LogP contribution in [0.5, 0.6) is 0 Å². The van der Waals surface area contributed by atoms with Crippen molar-refractivity contribution in [1.29, 1.82) is 0 Å². The molecule has 0 aliphatic carbocycles. The molecule has 1 aliphatic rings. The third kappa shape index (κ3) is 3.57. The van der Waals surface area contributed by atoms with Gasteiger partial charge in [0, 0.05) is 17.4 Å². The van der Waals surface area contributed by atoms with Crippen LogP contribution in [0.4, 0.5) is 0 Å². The van der Waals surface area contributed by atoms with Crippen LogP contribution in [0, 0.1) is 5.92 Å². The summed E-state index contributed by atoms with van der Waals surface area (Å²) in [5.41, 5.74) is 6.83. The van der Waals surface area contributed by atoms with Crippen molar-refractivity contribution in [3.63, 3.8) is 0 Å². The highest BCUT2D eigenvalue weighted by Crippen LogP contribution is 2.33. The molecule has 2 atom stereocenters. The summed E-state index contributed by atoms with van der Waals surface area (Å²) in [7, 11) is 0. The maximum Gasteiger partial charge on any atom is 0.223 e. The Morgan fingerprint density at radius 1 is 1.58 bits per heavy atom. The Kier molecular flexibility index (Phi) is 4.99. The third-order valence-electron chi connectivity index (χ3n) is 3.73. The maximum atomic E-state index is 12.3. The summed E-state index contributed by atoms with van der Waals surface area (Å²) in [6.07, 6.45) is 2.69. The summed E-state index contributed by atoms with van der Waals surface area (Å²) in [6, 6.07) is 8.50. The van der Waals surface area contributed by atoms with Gasteiger partial charge in [0.1, 0.15) is 0 Å². The van der Waals surface area contributed by atoms with Gasteiger partial charge in [-0.2, -0.15) is 0 Å². The van der Waals surface area contributed by atoms with E-state index < -0.39 is 0 Å². The number of halogens is 1. The van der Waals surface area contributed by atoms with Crippen molar-refractivity contribution >= 4 is 21.8 Å². The van der Waals surface area contributed by atoms with E-state index in [9.17, 15) is 4.79 Å².